The van der Waals surface area contributed by atoms with E-state index in [-0.39, 0.29) is 30.5 Å². The summed E-state index contributed by atoms with van der Waals surface area (Å²) in [4.78, 5) is 24.2. The van der Waals surface area contributed by atoms with Gasteiger partial charge in [0, 0.05) is 18.7 Å². The Hall–Kier alpha value is -3.03. The SMILES string of the molecule is O=C1C[C@H](C(=O)NCc2ccc(OC(F)(F)F)cc2)c2ccccc2N1. The number of rotatable bonds is 4. The molecular formula is C18H15F3N2O3. The van der Waals surface area contributed by atoms with Crippen molar-refractivity contribution in [2.45, 2.75) is 25.2 Å². The molecule has 1 heterocycles. The molecule has 2 N–H and O–H groups in total. The number of carbonyl (C=O) groups excluding carboxylic acids is 2. The molecule has 0 spiro atoms. The maximum atomic E-state index is 12.5. The van der Waals surface area contributed by atoms with Gasteiger partial charge in [-0.25, -0.2) is 0 Å². The molecule has 2 aromatic carbocycles. The van der Waals surface area contributed by atoms with Crippen molar-refractivity contribution in [3.8, 4) is 5.75 Å². The first kappa shape index (κ1) is 17.8. The highest BCUT2D eigenvalue weighted by atomic mass is 19.4. The van der Waals surface area contributed by atoms with E-state index in [4.69, 9.17) is 0 Å². The Balaban J connectivity index is 1.63. The molecule has 26 heavy (non-hydrogen) atoms. The Kier molecular flexibility index (Phi) is 4.83. The molecule has 5 nitrogen and oxygen atoms in total. The summed E-state index contributed by atoms with van der Waals surface area (Å²) in [5.41, 5.74) is 1.96. The zero-order chi connectivity index (χ0) is 18.7. The third-order valence-electron chi connectivity index (χ3n) is 3.94. The lowest BCUT2D eigenvalue weighted by Gasteiger charge is -2.24. The fraction of sp³-hybridized carbons (Fsp3) is 0.222. The van der Waals surface area contributed by atoms with Crippen LogP contribution in [-0.2, 0) is 16.1 Å². The normalized spacial score (nSPS) is 16.4. The van der Waals surface area contributed by atoms with Crippen molar-refractivity contribution in [3.63, 3.8) is 0 Å². The van der Waals surface area contributed by atoms with Crippen LogP contribution in [0.1, 0.15) is 23.5 Å². The van der Waals surface area contributed by atoms with Crippen LogP contribution >= 0.6 is 0 Å². The molecule has 0 aliphatic carbocycles. The van der Waals surface area contributed by atoms with E-state index >= 15 is 0 Å². The summed E-state index contributed by atoms with van der Waals surface area (Å²) in [7, 11) is 0. The first-order chi connectivity index (χ1) is 12.3. The number of fused-ring (bicyclic) bond motifs is 1. The smallest absolute Gasteiger partial charge is 0.406 e. The number of hydrogen-bond acceptors (Lipinski definition) is 3. The topological polar surface area (TPSA) is 67.4 Å². The van der Waals surface area contributed by atoms with Gasteiger partial charge in [-0.05, 0) is 29.3 Å². The lowest BCUT2D eigenvalue weighted by atomic mass is 9.90. The van der Waals surface area contributed by atoms with Gasteiger partial charge in [-0.3, -0.25) is 9.59 Å². The van der Waals surface area contributed by atoms with Gasteiger partial charge in [-0.15, -0.1) is 13.2 Å². The van der Waals surface area contributed by atoms with E-state index in [0.717, 1.165) is 5.56 Å². The van der Waals surface area contributed by atoms with Crippen LogP contribution in [0.3, 0.4) is 0 Å². The van der Waals surface area contributed by atoms with Crippen LogP contribution in [0.15, 0.2) is 48.5 Å². The van der Waals surface area contributed by atoms with Gasteiger partial charge in [-0.2, -0.15) is 0 Å². The molecule has 0 aromatic heterocycles. The van der Waals surface area contributed by atoms with Crippen LogP contribution in [0.25, 0.3) is 0 Å². The van der Waals surface area contributed by atoms with Crippen LogP contribution in [0.5, 0.6) is 5.75 Å². The van der Waals surface area contributed by atoms with Gasteiger partial charge in [0.05, 0.1) is 5.92 Å². The highest BCUT2D eigenvalue weighted by Crippen LogP contribution is 2.32. The van der Waals surface area contributed by atoms with Gasteiger partial charge in [-0.1, -0.05) is 30.3 Å². The molecule has 1 atom stereocenters. The fourth-order valence-electron chi connectivity index (χ4n) is 2.77. The summed E-state index contributed by atoms with van der Waals surface area (Å²) in [5.74, 6) is -1.49. The molecule has 0 saturated carbocycles. The van der Waals surface area contributed by atoms with Crippen LogP contribution in [0, 0.1) is 0 Å². The quantitative estimate of drug-likeness (QED) is 0.875. The number of amides is 2. The second kappa shape index (κ2) is 7.07. The molecule has 8 heteroatoms. The molecule has 3 rings (SSSR count). The molecule has 0 unspecified atom stereocenters. The van der Waals surface area contributed by atoms with Gasteiger partial charge >= 0.3 is 6.36 Å². The van der Waals surface area contributed by atoms with Gasteiger partial charge in [0.2, 0.25) is 11.8 Å². The number of benzene rings is 2. The first-order valence-electron chi connectivity index (χ1n) is 7.83. The van der Waals surface area contributed by atoms with E-state index < -0.39 is 12.3 Å². The number of hydrogen-bond donors (Lipinski definition) is 2. The molecular weight excluding hydrogens is 349 g/mol. The molecule has 0 bridgehead atoms. The maximum absolute atomic E-state index is 12.5. The zero-order valence-corrected chi connectivity index (χ0v) is 13.5. The average Bonchev–Trinajstić information content (AvgIpc) is 2.58. The van der Waals surface area contributed by atoms with Crippen LogP contribution in [0.2, 0.25) is 0 Å². The van der Waals surface area contributed by atoms with Crippen LogP contribution < -0.4 is 15.4 Å². The Labute approximate surface area is 147 Å². The number of nitrogens with one attached hydrogen (secondary N) is 2. The van der Waals surface area contributed by atoms with E-state index in [1.807, 2.05) is 0 Å². The minimum absolute atomic E-state index is 0.0429. The first-order valence-corrected chi connectivity index (χ1v) is 7.83. The molecule has 0 saturated heterocycles. The Morgan fingerprint density at radius 3 is 2.54 bits per heavy atom. The predicted molar refractivity (Wildman–Crippen MR) is 87.4 cm³/mol. The van der Waals surface area contributed by atoms with E-state index in [1.165, 1.54) is 24.3 Å². The van der Waals surface area contributed by atoms with E-state index in [9.17, 15) is 22.8 Å². The number of para-hydroxylation sites is 1. The zero-order valence-electron chi connectivity index (χ0n) is 13.5. The van der Waals surface area contributed by atoms with Crippen molar-refractivity contribution in [2.75, 3.05) is 5.32 Å². The molecule has 1 aliphatic rings. The lowest BCUT2D eigenvalue weighted by molar-refractivity contribution is -0.274. The molecule has 136 valence electrons. The lowest BCUT2D eigenvalue weighted by Crippen LogP contribution is -2.34. The van der Waals surface area contributed by atoms with Crippen molar-refractivity contribution in [1.29, 1.82) is 0 Å². The van der Waals surface area contributed by atoms with Gasteiger partial charge in [0.25, 0.3) is 0 Å². The van der Waals surface area contributed by atoms with Crippen molar-refractivity contribution >= 4 is 17.5 Å². The minimum atomic E-state index is -4.75. The largest absolute Gasteiger partial charge is 0.573 e. The third-order valence-corrected chi connectivity index (χ3v) is 3.94. The van der Waals surface area contributed by atoms with E-state index in [2.05, 4.69) is 15.4 Å². The number of ether oxygens (including phenoxy) is 1. The molecule has 2 amide bonds. The summed E-state index contributed by atoms with van der Waals surface area (Å²) in [5, 5.41) is 5.43. The van der Waals surface area contributed by atoms with Crippen LogP contribution in [0.4, 0.5) is 18.9 Å². The second-order valence-electron chi connectivity index (χ2n) is 5.80. The third kappa shape index (κ3) is 4.33. The number of alkyl halides is 3. The molecule has 1 aliphatic heterocycles. The monoisotopic (exact) mass is 364 g/mol. The fourth-order valence-corrected chi connectivity index (χ4v) is 2.77. The highest BCUT2D eigenvalue weighted by Gasteiger charge is 2.31. The van der Waals surface area contributed by atoms with E-state index in [1.54, 1.807) is 24.3 Å². The molecule has 0 fully saturated rings. The van der Waals surface area contributed by atoms with Crippen molar-refractivity contribution in [3.05, 3.63) is 59.7 Å². The molecule has 2 aromatic rings. The Morgan fingerprint density at radius 1 is 1.15 bits per heavy atom. The summed E-state index contributed by atoms with van der Waals surface area (Å²) in [6, 6.07) is 12.3. The highest BCUT2D eigenvalue weighted by molar-refractivity contribution is 6.01. The number of halogens is 3. The van der Waals surface area contributed by atoms with Crippen molar-refractivity contribution in [2.24, 2.45) is 0 Å². The Morgan fingerprint density at radius 2 is 1.85 bits per heavy atom. The number of anilines is 1. The molecule has 0 radical (unpaired) electrons. The van der Waals surface area contributed by atoms with Crippen molar-refractivity contribution in [1.82, 2.24) is 5.32 Å². The predicted octanol–water partition coefficient (Wildman–Crippen LogP) is 3.33. The van der Waals surface area contributed by atoms with E-state index in [0.29, 0.717) is 11.3 Å². The Bertz CT molecular complexity index is 819. The average molecular weight is 364 g/mol. The minimum Gasteiger partial charge on any atom is -0.406 e. The standard InChI is InChI=1S/C18H15F3N2O3/c19-18(20,21)26-12-7-5-11(6-8-12)10-22-17(25)14-9-16(24)23-15-4-2-1-3-13(14)15/h1-8,14H,9-10H2,(H,22,25)(H,23,24)/t14-/m0/s1. The summed E-state index contributed by atoms with van der Waals surface area (Å²) in [6.07, 6.45) is -4.70. The second-order valence-corrected chi connectivity index (χ2v) is 5.80. The van der Waals surface area contributed by atoms with Gasteiger partial charge < -0.3 is 15.4 Å². The maximum Gasteiger partial charge on any atom is 0.573 e. The van der Waals surface area contributed by atoms with Gasteiger partial charge in [0.1, 0.15) is 5.75 Å². The summed E-state index contributed by atoms with van der Waals surface area (Å²) >= 11 is 0. The summed E-state index contributed by atoms with van der Waals surface area (Å²) < 4.78 is 40.2. The van der Waals surface area contributed by atoms with Crippen LogP contribution in [-0.4, -0.2) is 18.2 Å². The number of carbonyl (C=O) groups is 2. The summed E-state index contributed by atoms with van der Waals surface area (Å²) in [6.45, 7) is 0.130. The van der Waals surface area contributed by atoms with Crippen molar-refractivity contribution < 1.29 is 27.5 Å². The van der Waals surface area contributed by atoms with Gasteiger partial charge in [0.15, 0.2) is 0 Å².